The number of furan rings is 1. The van der Waals surface area contributed by atoms with Crippen molar-refractivity contribution in [1.29, 1.82) is 0 Å². The molecule has 5 rings (SSSR count). The van der Waals surface area contributed by atoms with Gasteiger partial charge in [0, 0.05) is 36.6 Å². The van der Waals surface area contributed by atoms with Crippen molar-refractivity contribution in [3.63, 3.8) is 0 Å². The fourth-order valence-corrected chi connectivity index (χ4v) is 7.42. The van der Waals surface area contributed by atoms with Crippen LogP contribution in [0.4, 0.5) is 9.93 Å². The molecule has 1 saturated heterocycles. The predicted molar refractivity (Wildman–Crippen MR) is 154 cm³/mol. The van der Waals surface area contributed by atoms with Crippen molar-refractivity contribution in [2.45, 2.75) is 23.3 Å². The van der Waals surface area contributed by atoms with Gasteiger partial charge in [-0.05, 0) is 61.7 Å². The zero-order valence-corrected chi connectivity index (χ0v) is 24.4. The summed E-state index contributed by atoms with van der Waals surface area (Å²) in [4.78, 5) is 34.6. The number of aromatic nitrogens is 1. The topological polar surface area (TPSA) is 113 Å². The first-order chi connectivity index (χ1) is 19.3. The van der Waals surface area contributed by atoms with Crippen LogP contribution in [0, 0.1) is 0 Å². The van der Waals surface area contributed by atoms with Crippen LogP contribution in [0.2, 0.25) is 0 Å². The molecule has 1 aliphatic heterocycles. The fourth-order valence-electron chi connectivity index (χ4n) is 4.38. The van der Waals surface area contributed by atoms with Crippen LogP contribution in [0.5, 0.6) is 0 Å². The molecule has 2 aromatic carbocycles. The third-order valence-corrected chi connectivity index (χ3v) is 10.2. The molecule has 2 aromatic heterocycles. The Labute approximate surface area is 240 Å². The van der Waals surface area contributed by atoms with Gasteiger partial charge in [-0.1, -0.05) is 17.4 Å². The van der Waals surface area contributed by atoms with E-state index >= 15 is 0 Å². The minimum atomic E-state index is -3.80. The number of nitrogens with zero attached hydrogens (tertiary/aromatic N) is 4. The Balaban J connectivity index is 1.37. The molecule has 0 atom stereocenters. The first kappa shape index (κ1) is 28.1. The molecule has 0 aliphatic carbocycles. The van der Waals surface area contributed by atoms with Crippen LogP contribution >= 0.6 is 23.1 Å². The average Bonchev–Trinajstić information content (AvgIpc) is 3.65. The van der Waals surface area contributed by atoms with Crippen molar-refractivity contribution in [3.8, 4) is 0 Å². The number of carbonyl (C=O) groups is 2. The Morgan fingerprint density at radius 3 is 2.48 bits per heavy atom. The Bertz CT molecular complexity index is 1590. The third-order valence-electron chi connectivity index (χ3n) is 6.46. The number of sulfonamides is 1. The first-order valence-corrected chi connectivity index (χ1v) is 16.1. The van der Waals surface area contributed by atoms with Crippen molar-refractivity contribution in [2.24, 2.45) is 0 Å². The van der Waals surface area contributed by atoms with Gasteiger partial charge in [0.15, 0.2) is 5.13 Å². The zero-order valence-electron chi connectivity index (χ0n) is 22.0. The number of amides is 2. The summed E-state index contributed by atoms with van der Waals surface area (Å²) in [7, 11) is -3.80. The van der Waals surface area contributed by atoms with Crippen LogP contribution < -0.4 is 4.90 Å². The van der Waals surface area contributed by atoms with E-state index in [9.17, 15) is 18.0 Å². The van der Waals surface area contributed by atoms with Crippen LogP contribution in [0.25, 0.3) is 10.2 Å². The maximum atomic E-state index is 13.8. The Kier molecular flexibility index (Phi) is 8.45. The molecule has 1 aliphatic rings. The number of rotatable bonds is 8. The molecule has 1 fully saturated rings. The van der Waals surface area contributed by atoms with E-state index in [1.165, 1.54) is 44.8 Å². The summed E-state index contributed by atoms with van der Waals surface area (Å²) >= 11 is 3.00. The molecule has 13 heteroatoms. The van der Waals surface area contributed by atoms with Crippen LogP contribution in [-0.2, 0) is 21.3 Å². The molecule has 4 aromatic rings. The lowest BCUT2D eigenvalue weighted by atomic mass is 10.2. The van der Waals surface area contributed by atoms with Gasteiger partial charge < -0.3 is 14.1 Å². The highest BCUT2D eigenvalue weighted by molar-refractivity contribution is 7.98. The number of anilines is 1. The highest BCUT2D eigenvalue weighted by Gasteiger charge is 2.31. The van der Waals surface area contributed by atoms with Crippen molar-refractivity contribution < 1.29 is 27.2 Å². The summed E-state index contributed by atoms with van der Waals surface area (Å²) in [5.41, 5.74) is 1.15. The number of ether oxygens (including phenoxy) is 1. The highest BCUT2D eigenvalue weighted by Crippen LogP contribution is 2.35. The number of piperazine rings is 1. The summed E-state index contributed by atoms with van der Waals surface area (Å²) in [5.74, 6) is 0.270. The standard InChI is InChI=1S/C27H28N4O6S3/c1-3-36-27(33)29-13-15-30(16-14-29)40(34,35)21-11-9-19(10-12-21)25(32)31(18-20-6-5-17-37-20)26-28-24-22(38-2)7-4-8-23(24)39-26/h4-12,17H,3,13-16,18H2,1-2H3. The normalized spacial score (nSPS) is 14.4. The lowest BCUT2D eigenvalue weighted by Crippen LogP contribution is -2.50. The number of hydrogen-bond acceptors (Lipinski definition) is 9. The van der Waals surface area contributed by atoms with E-state index in [0.717, 1.165) is 15.1 Å². The Morgan fingerprint density at radius 2 is 1.82 bits per heavy atom. The molecule has 210 valence electrons. The molecule has 0 spiro atoms. The van der Waals surface area contributed by atoms with Crippen molar-refractivity contribution >= 4 is 60.5 Å². The molecule has 40 heavy (non-hydrogen) atoms. The maximum absolute atomic E-state index is 13.8. The average molecular weight is 601 g/mol. The SMILES string of the molecule is CCOC(=O)N1CCN(S(=O)(=O)c2ccc(C(=O)N(Cc3ccco3)c3nc4c(SC)cccc4s3)cc2)CC1. The number of fused-ring (bicyclic) bond motifs is 1. The summed E-state index contributed by atoms with van der Waals surface area (Å²) in [6.45, 7) is 2.98. The van der Waals surface area contributed by atoms with Gasteiger partial charge in [0.25, 0.3) is 5.91 Å². The van der Waals surface area contributed by atoms with E-state index in [2.05, 4.69) is 0 Å². The van der Waals surface area contributed by atoms with Gasteiger partial charge in [0.2, 0.25) is 10.0 Å². The fraction of sp³-hybridized carbons (Fsp3) is 0.296. The third kappa shape index (κ3) is 5.73. The summed E-state index contributed by atoms with van der Waals surface area (Å²) in [6.07, 6.45) is 3.09. The number of hydrogen-bond donors (Lipinski definition) is 0. The zero-order chi connectivity index (χ0) is 28.3. The van der Waals surface area contributed by atoms with E-state index in [-0.39, 0.29) is 50.1 Å². The van der Waals surface area contributed by atoms with Crippen LogP contribution in [-0.4, -0.2) is 73.6 Å². The molecule has 0 radical (unpaired) electrons. The molecule has 0 saturated carbocycles. The molecule has 3 heterocycles. The number of benzene rings is 2. The van der Waals surface area contributed by atoms with E-state index in [0.29, 0.717) is 16.5 Å². The molecular weight excluding hydrogens is 573 g/mol. The molecule has 0 bridgehead atoms. The van der Waals surface area contributed by atoms with E-state index in [4.69, 9.17) is 14.1 Å². The second-order valence-corrected chi connectivity index (χ2v) is 12.7. The Morgan fingerprint density at radius 1 is 1.07 bits per heavy atom. The Hall–Kier alpha value is -3.39. The molecule has 2 amide bonds. The number of thiazole rings is 1. The minimum absolute atomic E-state index is 0.0795. The predicted octanol–water partition coefficient (Wildman–Crippen LogP) is 4.92. The largest absolute Gasteiger partial charge is 0.467 e. The van der Waals surface area contributed by atoms with Gasteiger partial charge in [-0.25, -0.2) is 18.2 Å². The van der Waals surface area contributed by atoms with E-state index in [1.807, 2.05) is 24.5 Å². The van der Waals surface area contributed by atoms with Crippen molar-refractivity contribution in [3.05, 3.63) is 72.2 Å². The summed E-state index contributed by atoms with van der Waals surface area (Å²) in [5, 5.41) is 0.522. The van der Waals surface area contributed by atoms with Gasteiger partial charge in [-0.2, -0.15) is 4.31 Å². The van der Waals surface area contributed by atoms with E-state index < -0.39 is 16.1 Å². The van der Waals surface area contributed by atoms with Gasteiger partial charge >= 0.3 is 6.09 Å². The lowest BCUT2D eigenvalue weighted by molar-refractivity contribution is 0.0933. The molecular formula is C27H28N4O6S3. The molecule has 0 N–H and O–H groups in total. The maximum Gasteiger partial charge on any atom is 0.409 e. The number of carbonyl (C=O) groups excluding carboxylic acids is 2. The lowest BCUT2D eigenvalue weighted by Gasteiger charge is -2.33. The molecule has 10 nitrogen and oxygen atoms in total. The summed E-state index contributed by atoms with van der Waals surface area (Å²) in [6, 6.07) is 15.4. The number of thioether (sulfide) groups is 1. The second kappa shape index (κ2) is 12.0. The first-order valence-electron chi connectivity index (χ1n) is 12.6. The van der Waals surface area contributed by atoms with Gasteiger partial charge in [0.05, 0.1) is 34.5 Å². The quantitative estimate of drug-likeness (QED) is 0.262. The van der Waals surface area contributed by atoms with Crippen LogP contribution in [0.3, 0.4) is 0 Å². The molecule has 0 unspecified atom stereocenters. The highest BCUT2D eigenvalue weighted by atomic mass is 32.2. The van der Waals surface area contributed by atoms with Crippen molar-refractivity contribution in [1.82, 2.24) is 14.2 Å². The van der Waals surface area contributed by atoms with Gasteiger partial charge in [0.1, 0.15) is 5.76 Å². The minimum Gasteiger partial charge on any atom is -0.467 e. The smallest absolute Gasteiger partial charge is 0.409 e. The van der Waals surface area contributed by atoms with Crippen LogP contribution in [0.1, 0.15) is 23.0 Å². The summed E-state index contributed by atoms with van der Waals surface area (Å²) < 4.78 is 39.4. The number of para-hydroxylation sites is 1. The van der Waals surface area contributed by atoms with Crippen molar-refractivity contribution in [2.75, 3.05) is 43.9 Å². The van der Waals surface area contributed by atoms with Gasteiger partial charge in [-0.15, -0.1) is 11.8 Å². The van der Waals surface area contributed by atoms with Crippen LogP contribution in [0.15, 0.2) is 75.1 Å². The van der Waals surface area contributed by atoms with Gasteiger partial charge in [-0.3, -0.25) is 9.69 Å². The monoisotopic (exact) mass is 600 g/mol. The van der Waals surface area contributed by atoms with E-state index in [1.54, 1.807) is 42.0 Å². The second-order valence-electron chi connectivity index (χ2n) is 8.89.